The standard InChI is InChI=1S/C15H22N2O/c1-11(2)13-5-3-12(4-6-13)9-10-16-15(18)17-14-7-8-14/h3-6,11,14H,7-10H2,1-2H3,(H2,16,17,18). The molecule has 3 heteroatoms. The Labute approximate surface area is 109 Å². The number of urea groups is 1. The van der Waals surface area contributed by atoms with Crippen molar-refractivity contribution in [3.8, 4) is 0 Å². The van der Waals surface area contributed by atoms with Gasteiger partial charge in [0, 0.05) is 12.6 Å². The molecule has 1 aliphatic rings. The highest BCUT2D eigenvalue weighted by molar-refractivity contribution is 5.74. The number of carbonyl (C=O) groups is 1. The smallest absolute Gasteiger partial charge is 0.315 e. The number of carbonyl (C=O) groups excluding carboxylic acids is 1. The molecule has 0 bridgehead atoms. The number of nitrogens with one attached hydrogen (secondary N) is 2. The van der Waals surface area contributed by atoms with E-state index in [9.17, 15) is 4.79 Å². The van der Waals surface area contributed by atoms with Gasteiger partial charge in [-0.05, 0) is 36.3 Å². The minimum Gasteiger partial charge on any atom is -0.338 e. The highest BCUT2D eigenvalue weighted by atomic mass is 16.2. The molecule has 0 aliphatic heterocycles. The average molecular weight is 246 g/mol. The Hall–Kier alpha value is -1.51. The fraction of sp³-hybridized carbons (Fsp3) is 0.533. The zero-order valence-corrected chi connectivity index (χ0v) is 11.2. The van der Waals surface area contributed by atoms with Crippen LogP contribution in [0.4, 0.5) is 4.79 Å². The molecule has 2 rings (SSSR count). The van der Waals surface area contributed by atoms with Crippen LogP contribution < -0.4 is 10.6 Å². The zero-order chi connectivity index (χ0) is 13.0. The maximum atomic E-state index is 11.4. The second kappa shape index (κ2) is 5.89. The normalized spacial score (nSPS) is 14.6. The second-order valence-electron chi connectivity index (χ2n) is 5.32. The maximum absolute atomic E-state index is 11.4. The van der Waals surface area contributed by atoms with Crippen LogP contribution in [0, 0.1) is 0 Å². The molecule has 1 aromatic rings. The van der Waals surface area contributed by atoms with Crippen molar-refractivity contribution < 1.29 is 4.79 Å². The lowest BCUT2D eigenvalue weighted by atomic mass is 10.0. The van der Waals surface area contributed by atoms with Gasteiger partial charge in [-0.2, -0.15) is 0 Å². The fourth-order valence-electron chi connectivity index (χ4n) is 1.85. The summed E-state index contributed by atoms with van der Waals surface area (Å²) >= 11 is 0. The van der Waals surface area contributed by atoms with E-state index in [-0.39, 0.29) is 6.03 Å². The third-order valence-corrected chi connectivity index (χ3v) is 3.26. The molecule has 1 aromatic carbocycles. The van der Waals surface area contributed by atoms with Crippen LogP contribution in [0.25, 0.3) is 0 Å². The van der Waals surface area contributed by atoms with Crippen molar-refractivity contribution in [2.45, 2.75) is 45.1 Å². The topological polar surface area (TPSA) is 41.1 Å². The summed E-state index contributed by atoms with van der Waals surface area (Å²) in [5, 5.41) is 5.80. The average Bonchev–Trinajstić information content (AvgIpc) is 3.13. The Morgan fingerprint density at radius 3 is 2.50 bits per heavy atom. The summed E-state index contributed by atoms with van der Waals surface area (Å²) < 4.78 is 0. The summed E-state index contributed by atoms with van der Waals surface area (Å²) in [6, 6.07) is 9.03. The van der Waals surface area contributed by atoms with Crippen LogP contribution in [0.3, 0.4) is 0 Å². The van der Waals surface area contributed by atoms with E-state index < -0.39 is 0 Å². The number of hydrogen-bond acceptors (Lipinski definition) is 1. The molecule has 98 valence electrons. The molecule has 3 nitrogen and oxygen atoms in total. The Bertz CT molecular complexity index is 393. The van der Waals surface area contributed by atoms with E-state index in [1.54, 1.807) is 0 Å². The van der Waals surface area contributed by atoms with E-state index in [0.29, 0.717) is 18.5 Å². The third-order valence-electron chi connectivity index (χ3n) is 3.26. The minimum atomic E-state index is -0.0312. The van der Waals surface area contributed by atoms with Crippen molar-refractivity contribution in [1.29, 1.82) is 0 Å². The highest BCUT2D eigenvalue weighted by Crippen LogP contribution is 2.18. The first kappa shape index (κ1) is 12.9. The van der Waals surface area contributed by atoms with Gasteiger partial charge in [0.2, 0.25) is 0 Å². The molecule has 1 fully saturated rings. The lowest BCUT2D eigenvalue weighted by molar-refractivity contribution is 0.240. The summed E-state index contributed by atoms with van der Waals surface area (Å²) in [6.45, 7) is 5.08. The number of hydrogen-bond donors (Lipinski definition) is 2. The van der Waals surface area contributed by atoms with Crippen molar-refractivity contribution in [2.24, 2.45) is 0 Å². The molecule has 1 aliphatic carbocycles. The van der Waals surface area contributed by atoms with Gasteiger partial charge in [0.15, 0.2) is 0 Å². The second-order valence-corrected chi connectivity index (χ2v) is 5.32. The summed E-state index contributed by atoms with van der Waals surface area (Å²) in [5.74, 6) is 0.571. The van der Waals surface area contributed by atoms with E-state index in [4.69, 9.17) is 0 Å². The Morgan fingerprint density at radius 1 is 1.28 bits per heavy atom. The first-order valence-electron chi connectivity index (χ1n) is 6.78. The molecular weight excluding hydrogens is 224 g/mol. The molecule has 0 unspecified atom stereocenters. The quantitative estimate of drug-likeness (QED) is 0.824. The van der Waals surface area contributed by atoms with Gasteiger partial charge >= 0.3 is 6.03 Å². The molecule has 1 saturated carbocycles. The van der Waals surface area contributed by atoms with Crippen molar-refractivity contribution in [3.05, 3.63) is 35.4 Å². The van der Waals surface area contributed by atoms with Crippen LogP contribution in [-0.4, -0.2) is 18.6 Å². The predicted octanol–water partition coefficient (Wildman–Crippen LogP) is 2.81. The Balaban J connectivity index is 1.70. The van der Waals surface area contributed by atoms with Crippen LogP contribution in [0.2, 0.25) is 0 Å². The molecule has 0 radical (unpaired) electrons. The van der Waals surface area contributed by atoms with Crippen LogP contribution in [0.1, 0.15) is 43.7 Å². The van der Waals surface area contributed by atoms with Crippen molar-refractivity contribution in [3.63, 3.8) is 0 Å². The van der Waals surface area contributed by atoms with Crippen LogP contribution in [0.5, 0.6) is 0 Å². The number of amides is 2. The van der Waals surface area contributed by atoms with Gasteiger partial charge in [-0.15, -0.1) is 0 Å². The fourth-order valence-corrected chi connectivity index (χ4v) is 1.85. The molecular formula is C15H22N2O. The molecule has 0 aromatic heterocycles. The molecule has 0 saturated heterocycles. The van der Waals surface area contributed by atoms with Crippen LogP contribution in [0.15, 0.2) is 24.3 Å². The number of rotatable bonds is 5. The summed E-state index contributed by atoms with van der Waals surface area (Å²) in [7, 11) is 0. The summed E-state index contributed by atoms with van der Waals surface area (Å²) in [5.41, 5.74) is 2.63. The molecule has 0 heterocycles. The highest BCUT2D eigenvalue weighted by Gasteiger charge is 2.22. The SMILES string of the molecule is CC(C)c1ccc(CCNC(=O)NC2CC2)cc1. The number of benzene rings is 1. The van der Waals surface area contributed by atoms with E-state index in [1.807, 2.05) is 0 Å². The lowest BCUT2D eigenvalue weighted by Crippen LogP contribution is -2.37. The molecule has 0 spiro atoms. The van der Waals surface area contributed by atoms with Crippen LogP contribution >= 0.6 is 0 Å². The summed E-state index contributed by atoms with van der Waals surface area (Å²) in [6.07, 6.45) is 3.14. The minimum absolute atomic E-state index is 0.0312. The van der Waals surface area contributed by atoms with E-state index in [2.05, 4.69) is 48.7 Å². The van der Waals surface area contributed by atoms with E-state index >= 15 is 0 Å². The van der Waals surface area contributed by atoms with Crippen molar-refractivity contribution in [1.82, 2.24) is 10.6 Å². The van der Waals surface area contributed by atoms with Gasteiger partial charge < -0.3 is 10.6 Å². The largest absolute Gasteiger partial charge is 0.338 e. The Kier molecular flexibility index (Phi) is 4.24. The van der Waals surface area contributed by atoms with Gasteiger partial charge in [-0.25, -0.2) is 4.79 Å². The van der Waals surface area contributed by atoms with Gasteiger partial charge in [0.1, 0.15) is 0 Å². The van der Waals surface area contributed by atoms with Crippen LogP contribution in [-0.2, 0) is 6.42 Å². The van der Waals surface area contributed by atoms with Gasteiger partial charge in [-0.1, -0.05) is 38.1 Å². The maximum Gasteiger partial charge on any atom is 0.315 e. The Morgan fingerprint density at radius 2 is 1.94 bits per heavy atom. The lowest BCUT2D eigenvalue weighted by Gasteiger charge is -2.08. The van der Waals surface area contributed by atoms with E-state index in [0.717, 1.165) is 19.3 Å². The predicted molar refractivity (Wildman–Crippen MR) is 73.8 cm³/mol. The molecule has 0 atom stereocenters. The van der Waals surface area contributed by atoms with Gasteiger partial charge in [0.05, 0.1) is 0 Å². The van der Waals surface area contributed by atoms with Crippen molar-refractivity contribution in [2.75, 3.05) is 6.54 Å². The zero-order valence-electron chi connectivity index (χ0n) is 11.2. The molecule has 18 heavy (non-hydrogen) atoms. The molecule has 2 N–H and O–H groups in total. The first-order chi connectivity index (χ1) is 8.65. The monoisotopic (exact) mass is 246 g/mol. The van der Waals surface area contributed by atoms with Gasteiger partial charge in [-0.3, -0.25) is 0 Å². The molecule has 2 amide bonds. The van der Waals surface area contributed by atoms with E-state index in [1.165, 1.54) is 11.1 Å². The first-order valence-corrected chi connectivity index (χ1v) is 6.78. The third kappa shape index (κ3) is 4.06. The van der Waals surface area contributed by atoms with Gasteiger partial charge in [0.25, 0.3) is 0 Å². The summed E-state index contributed by atoms with van der Waals surface area (Å²) in [4.78, 5) is 11.4. The van der Waals surface area contributed by atoms with Crippen molar-refractivity contribution >= 4 is 6.03 Å².